The van der Waals surface area contributed by atoms with Gasteiger partial charge in [0.15, 0.2) is 0 Å². The summed E-state index contributed by atoms with van der Waals surface area (Å²) < 4.78 is 7.72. The van der Waals surface area contributed by atoms with Crippen LogP contribution in [0.1, 0.15) is 18.1 Å². The van der Waals surface area contributed by atoms with E-state index in [-0.39, 0.29) is 0 Å². The van der Waals surface area contributed by atoms with Gasteiger partial charge in [-0.25, -0.2) is 0 Å². The third-order valence-electron chi connectivity index (χ3n) is 3.75. The van der Waals surface area contributed by atoms with E-state index in [1.807, 2.05) is 41.2 Å². The Balaban J connectivity index is 1.44. The predicted octanol–water partition coefficient (Wildman–Crippen LogP) is 3.04. The molecule has 0 bridgehead atoms. The number of rotatable bonds is 8. The van der Waals surface area contributed by atoms with Crippen molar-refractivity contribution in [2.75, 3.05) is 0 Å². The Morgan fingerprint density at radius 1 is 1.04 bits per heavy atom. The maximum Gasteiger partial charge on any atom is 0.119 e. The van der Waals surface area contributed by atoms with Crippen LogP contribution < -0.4 is 10.1 Å². The quantitative estimate of drug-likeness (QED) is 0.692. The molecule has 0 fully saturated rings. The van der Waals surface area contributed by atoms with E-state index in [1.165, 1.54) is 5.56 Å². The molecule has 0 saturated carbocycles. The summed E-state index contributed by atoms with van der Waals surface area (Å²) in [5, 5.41) is 7.73. The van der Waals surface area contributed by atoms with E-state index < -0.39 is 0 Å². The molecule has 1 N–H and O–H groups in total. The van der Waals surface area contributed by atoms with Crippen LogP contribution in [0.5, 0.6) is 5.75 Å². The summed E-state index contributed by atoms with van der Waals surface area (Å²) in [5.41, 5.74) is 2.35. The second kappa shape index (κ2) is 8.26. The molecule has 5 nitrogen and oxygen atoms in total. The lowest BCUT2D eigenvalue weighted by atomic mass is 10.2. The van der Waals surface area contributed by atoms with Crippen LogP contribution in [0.25, 0.3) is 0 Å². The summed E-state index contributed by atoms with van der Waals surface area (Å²) in [5.74, 6) is 0.875. The van der Waals surface area contributed by atoms with Crippen molar-refractivity contribution in [3.05, 3.63) is 78.4 Å². The van der Waals surface area contributed by atoms with Gasteiger partial charge in [-0.2, -0.15) is 5.10 Å². The van der Waals surface area contributed by atoms with Crippen molar-refractivity contribution in [2.45, 2.75) is 32.7 Å². The van der Waals surface area contributed by atoms with Crippen molar-refractivity contribution in [1.82, 2.24) is 20.1 Å². The Labute approximate surface area is 142 Å². The minimum Gasteiger partial charge on any atom is -0.489 e. The summed E-state index contributed by atoms with van der Waals surface area (Å²) in [7, 11) is 0. The Morgan fingerprint density at radius 2 is 1.83 bits per heavy atom. The van der Waals surface area contributed by atoms with Gasteiger partial charge in [0.05, 0.1) is 6.54 Å². The van der Waals surface area contributed by atoms with Crippen molar-refractivity contribution < 1.29 is 4.74 Å². The van der Waals surface area contributed by atoms with Gasteiger partial charge in [-0.05, 0) is 48.4 Å². The molecule has 5 heteroatoms. The summed E-state index contributed by atoms with van der Waals surface area (Å²) >= 11 is 0. The van der Waals surface area contributed by atoms with E-state index in [4.69, 9.17) is 4.74 Å². The zero-order valence-electron chi connectivity index (χ0n) is 13.8. The molecule has 0 radical (unpaired) electrons. The van der Waals surface area contributed by atoms with E-state index in [9.17, 15) is 0 Å². The van der Waals surface area contributed by atoms with Crippen molar-refractivity contribution in [3.8, 4) is 5.75 Å². The van der Waals surface area contributed by atoms with Crippen LogP contribution >= 0.6 is 0 Å². The molecule has 0 saturated heterocycles. The van der Waals surface area contributed by atoms with Gasteiger partial charge in [0.2, 0.25) is 0 Å². The number of nitrogens with one attached hydrogen (secondary N) is 1. The Hall–Kier alpha value is -2.66. The van der Waals surface area contributed by atoms with E-state index in [0.717, 1.165) is 24.4 Å². The first-order valence-corrected chi connectivity index (χ1v) is 8.11. The first kappa shape index (κ1) is 16.2. The van der Waals surface area contributed by atoms with Gasteiger partial charge in [-0.1, -0.05) is 12.1 Å². The molecule has 0 spiro atoms. The molecular formula is C19H22N4O. The fourth-order valence-electron chi connectivity index (χ4n) is 2.39. The molecular weight excluding hydrogens is 300 g/mol. The number of hydrogen-bond donors (Lipinski definition) is 1. The number of benzene rings is 1. The van der Waals surface area contributed by atoms with Gasteiger partial charge in [0.1, 0.15) is 12.4 Å². The second-order valence-electron chi connectivity index (χ2n) is 5.80. The van der Waals surface area contributed by atoms with Crippen molar-refractivity contribution in [3.63, 3.8) is 0 Å². The molecule has 0 aliphatic heterocycles. The minimum absolute atomic E-state index is 0.354. The van der Waals surface area contributed by atoms with Crippen LogP contribution in [-0.4, -0.2) is 20.8 Å². The summed E-state index contributed by atoms with van der Waals surface area (Å²) in [4.78, 5) is 4.00. The van der Waals surface area contributed by atoms with Crippen LogP contribution in [0.2, 0.25) is 0 Å². The number of nitrogens with zero attached hydrogens (tertiary/aromatic N) is 3. The molecule has 0 amide bonds. The summed E-state index contributed by atoms with van der Waals surface area (Å²) in [6, 6.07) is 14.4. The van der Waals surface area contributed by atoms with Crippen molar-refractivity contribution >= 4 is 0 Å². The maximum absolute atomic E-state index is 5.78. The van der Waals surface area contributed by atoms with Gasteiger partial charge in [0.25, 0.3) is 0 Å². The van der Waals surface area contributed by atoms with E-state index in [0.29, 0.717) is 12.6 Å². The Bertz CT molecular complexity index is 711. The molecule has 24 heavy (non-hydrogen) atoms. The summed E-state index contributed by atoms with van der Waals surface area (Å²) in [6.07, 6.45) is 7.33. The van der Waals surface area contributed by atoms with Crippen LogP contribution in [0.3, 0.4) is 0 Å². The zero-order chi connectivity index (χ0) is 16.6. The largest absolute Gasteiger partial charge is 0.489 e. The Kier molecular flexibility index (Phi) is 5.58. The topological polar surface area (TPSA) is 52.0 Å². The van der Waals surface area contributed by atoms with Crippen LogP contribution in [0.15, 0.2) is 67.3 Å². The van der Waals surface area contributed by atoms with E-state index in [2.05, 4.69) is 34.5 Å². The average Bonchev–Trinajstić information content (AvgIpc) is 3.13. The van der Waals surface area contributed by atoms with Gasteiger partial charge >= 0.3 is 0 Å². The highest BCUT2D eigenvalue weighted by atomic mass is 16.5. The number of aromatic nitrogens is 3. The minimum atomic E-state index is 0.354. The smallest absolute Gasteiger partial charge is 0.119 e. The fourth-order valence-corrected chi connectivity index (χ4v) is 2.39. The van der Waals surface area contributed by atoms with Crippen LogP contribution in [0.4, 0.5) is 0 Å². The van der Waals surface area contributed by atoms with E-state index in [1.54, 1.807) is 18.6 Å². The fraction of sp³-hybridized carbons (Fsp3) is 0.263. The molecule has 0 aliphatic rings. The van der Waals surface area contributed by atoms with Gasteiger partial charge in [-0.3, -0.25) is 9.67 Å². The van der Waals surface area contributed by atoms with Crippen LogP contribution in [-0.2, 0) is 19.7 Å². The molecule has 0 aliphatic carbocycles. The van der Waals surface area contributed by atoms with Gasteiger partial charge in [0, 0.05) is 37.4 Å². The first-order chi connectivity index (χ1) is 11.8. The average molecular weight is 322 g/mol. The number of pyridine rings is 1. The Morgan fingerprint density at radius 3 is 2.54 bits per heavy atom. The SMILES string of the molecule is C[C@H](Cn1cccn1)NCc1ccc(OCc2ccncc2)cc1. The third-order valence-corrected chi connectivity index (χ3v) is 3.75. The molecule has 3 rings (SSSR count). The molecule has 2 heterocycles. The van der Waals surface area contributed by atoms with Crippen molar-refractivity contribution in [1.29, 1.82) is 0 Å². The third kappa shape index (κ3) is 4.93. The number of ether oxygens (including phenoxy) is 1. The molecule has 1 aromatic carbocycles. The van der Waals surface area contributed by atoms with Gasteiger partial charge in [-0.15, -0.1) is 0 Å². The highest BCUT2D eigenvalue weighted by Gasteiger charge is 2.03. The van der Waals surface area contributed by atoms with E-state index >= 15 is 0 Å². The van der Waals surface area contributed by atoms with Gasteiger partial charge < -0.3 is 10.1 Å². The van der Waals surface area contributed by atoms with Crippen molar-refractivity contribution in [2.24, 2.45) is 0 Å². The molecule has 1 atom stereocenters. The molecule has 124 valence electrons. The molecule has 2 aromatic heterocycles. The molecule has 3 aromatic rings. The standard InChI is InChI=1S/C19H22N4O/c1-16(14-23-12-2-9-22-23)21-13-17-3-5-19(6-4-17)24-15-18-7-10-20-11-8-18/h2-12,16,21H,13-15H2,1H3/t16-/m1/s1. The summed E-state index contributed by atoms with van der Waals surface area (Å²) in [6.45, 7) is 4.40. The first-order valence-electron chi connectivity index (χ1n) is 8.11. The maximum atomic E-state index is 5.78. The number of hydrogen-bond acceptors (Lipinski definition) is 4. The normalized spacial score (nSPS) is 12.0. The zero-order valence-corrected chi connectivity index (χ0v) is 13.8. The molecule has 0 unspecified atom stereocenters. The highest BCUT2D eigenvalue weighted by molar-refractivity contribution is 5.27. The lowest BCUT2D eigenvalue weighted by molar-refractivity contribution is 0.306. The predicted molar refractivity (Wildman–Crippen MR) is 93.5 cm³/mol. The second-order valence-corrected chi connectivity index (χ2v) is 5.80. The lowest BCUT2D eigenvalue weighted by Crippen LogP contribution is -2.30. The monoisotopic (exact) mass is 322 g/mol. The highest BCUT2D eigenvalue weighted by Crippen LogP contribution is 2.14. The van der Waals surface area contributed by atoms with Crippen LogP contribution in [0, 0.1) is 0 Å². The lowest BCUT2D eigenvalue weighted by Gasteiger charge is -2.14.